The van der Waals surface area contributed by atoms with Crippen LogP contribution in [0.5, 0.6) is 46.0 Å². The van der Waals surface area contributed by atoms with Crippen LogP contribution in [0.15, 0.2) is 72.8 Å². The summed E-state index contributed by atoms with van der Waals surface area (Å²) in [5.74, 6) is -1.28. The summed E-state index contributed by atoms with van der Waals surface area (Å²) in [4.78, 5) is 0. The Kier molecular flexibility index (Phi) is 6.87. The predicted octanol–water partition coefficient (Wildman–Crippen LogP) is 5.28. The van der Waals surface area contributed by atoms with Crippen LogP contribution in [0.3, 0.4) is 0 Å². The van der Waals surface area contributed by atoms with Crippen molar-refractivity contribution in [3.05, 3.63) is 95.1 Å². The molecule has 4 aromatic rings. The minimum atomic E-state index is -0.573. The van der Waals surface area contributed by atoms with Crippen LogP contribution in [0, 0.1) is 0 Å². The Morgan fingerprint density at radius 3 is 1.63 bits per heavy atom. The summed E-state index contributed by atoms with van der Waals surface area (Å²) in [7, 11) is 0. The summed E-state index contributed by atoms with van der Waals surface area (Å²) in [6.07, 6.45) is 2.28. The molecule has 0 bridgehead atoms. The Morgan fingerprint density at radius 2 is 1.00 bits per heavy atom. The first-order chi connectivity index (χ1) is 16.8. The molecule has 0 spiro atoms. The number of benzene rings is 4. The highest BCUT2D eigenvalue weighted by Gasteiger charge is 2.14. The zero-order valence-electron chi connectivity index (χ0n) is 18.8. The van der Waals surface area contributed by atoms with Gasteiger partial charge in [0.1, 0.15) is 11.5 Å². The molecule has 0 unspecified atom stereocenters. The van der Waals surface area contributed by atoms with E-state index in [-0.39, 0.29) is 23.0 Å². The largest absolute Gasteiger partial charge is 0.508 e. The quantitative estimate of drug-likeness (QED) is 0.192. The van der Waals surface area contributed by atoms with E-state index in [1.54, 1.807) is 30.3 Å². The molecule has 4 rings (SSSR count). The number of aryl methyl sites for hydroxylation is 4. The molecule has 6 N–H and O–H groups in total. The number of rotatable bonds is 8. The van der Waals surface area contributed by atoms with Gasteiger partial charge < -0.3 is 35.4 Å². The second-order valence-electron chi connectivity index (χ2n) is 8.36. The number of phenolic OH excluding ortho intramolecular Hbond substituents is 6. The Morgan fingerprint density at radius 1 is 0.486 bits per heavy atom. The van der Waals surface area contributed by atoms with Crippen molar-refractivity contribution in [2.45, 2.75) is 25.7 Å². The second-order valence-corrected chi connectivity index (χ2v) is 8.36. The normalized spacial score (nSPS) is 10.9. The molecule has 7 nitrogen and oxygen atoms in total. The minimum Gasteiger partial charge on any atom is -0.508 e. The molecule has 0 heterocycles. The van der Waals surface area contributed by atoms with Gasteiger partial charge in [-0.2, -0.15) is 0 Å². The van der Waals surface area contributed by atoms with Crippen LogP contribution in [0.2, 0.25) is 0 Å². The molecule has 0 saturated heterocycles. The highest BCUT2D eigenvalue weighted by Crippen LogP contribution is 2.40. The van der Waals surface area contributed by atoms with Gasteiger partial charge in [-0.1, -0.05) is 24.3 Å². The summed E-state index contributed by atoms with van der Waals surface area (Å²) in [6.45, 7) is 0. The molecule has 0 aliphatic rings. The standard InChI is InChI=1S/C28H26O7/c29-21-5-1-3-17(11-21)7-8-18-4-2-6-22(12-18)35-26-16-20(15-25(32)28(26)34)10-9-19-13-23(30)27(33)24(31)14-19/h1-6,11-16,29-34H,7-10H2. The Hall–Kier alpha value is -4.52. The van der Waals surface area contributed by atoms with Crippen molar-refractivity contribution in [3.8, 4) is 46.0 Å². The molecule has 0 saturated carbocycles. The molecule has 7 heteroatoms. The Labute approximate surface area is 202 Å². The molecule has 4 aromatic carbocycles. The summed E-state index contributed by atoms with van der Waals surface area (Å²) < 4.78 is 5.89. The zero-order chi connectivity index (χ0) is 24.9. The van der Waals surface area contributed by atoms with E-state index in [0.29, 0.717) is 29.7 Å². The van der Waals surface area contributed by atoms with Crippen molar-refractivity contribution in [3.63, 3.8) is 0 Å². The summed E-state index contributed by atoms with van der Waals surface area (Å²) in [6, 6.07) is 20.3. The van der Waals surface area contributed by atoms with Crippen LogP contribution < -0.4 is 4.74 Å². The van der Waals surface area contributed by atoms with Gasteiger partial charge in [-0.3, -0.25) is 0 Å². The van der Waals surface area contributed by atoms with Crippen molar-refractivity contribution in [2.24, 2.45) is 0 Å². The number of phenols is 6. The minimum absolute atomic E-state index is 0.0986. The monoisotopic (exact) mass is 474 g/mol. The average Bonchev–Trinajstić information content (AvgIpc) is 2.83. The zero-order valence-corrected chi connectivity index (χ0v) is 18.8. The third-order valence-corrected chi connectivity index (χ3v) is 5.69. The molecule has 0 radical (unpaired) electrons. The predicted molar refractivity (Wildman–Crippen MR) is 131 cm³/mol. The molecule has 0 atom stereocenters. The lowest BCUT2D eigenvalue weighted by Gasteiger charge is -2.13. The molecule has 0 aliphatic carbocycles. The first kappa shape index (κ1) is 23.6. The Bertz CT molecular complexity index is 1320. The molecule has 35 heavy (non-hydrogen) atoms. The first-order valence-electron chi connectivity index (χ1n) is 11.1. The van der Waals surface area contributed by atoms with E-state index in [4.69, 9.17) is 4.74 Å². The van der Waals surface area contributed by atoms with E-state index in [2.05, 4.69) is 0 Å². The van der Waals surface area contributed by atoms with Gasteiger partial charge in [-0.25, -0.2) is 0 Å². The number of aromatic hydroxyl groups is 6. The average molecular weight is 475 g/mol. The highest BCUT2D eigenvalue weighted by molar-refractivity contribution is 5.54. The van der Waals surface area contributed by atoms with Gasteiger partial charge in [0.05, 0.1) is 0 Å². The number of hydrogen-bond acceptors (Lipinski definition) is 7. The third kappa shape index (κ3) is 5.89. The number of hydrogen-bond donors (Lipinski definition) is 6. The topological polar surface area (TPSA) is 131 Å². The van der Waals surface area contributed by atoms with E-state index < -0.39 is 17.2 Å². The van der Waals surface area contributed by atoms with Crippen molar-refractivity contribution >= 4 is 0 Å². The highest BCUT2D eigenvalue weighted by atomic mass is 16.5. The van der Waals surface area contributed by atoms with Crippen molar-refractivity contribution in [1.29, 1.82) is 0 Å². The lowest BCUT2D eigenvalue weighted by atomic mass is 10.0. The van der Waals surface area contributed by atoms with Crippen LogP contribution in [0.25, 0.3) is 0 Å². The molecule has 0 aliphatic heterocycles. The summed E-state index contributed by atoms with van der Waals surface area (Å²) >= 11 is 0. The van der Waals surface area contributed by atoms with Crippen LogP contribution >= 0.6 is 0 Å². The van der Waals surface area contributed by atoms with Crippen LogP contribution in [-0.2, 0) is 25.7 Å². The van der Waals surface area contributed by atoms with Crippen LogP contribution in [0.1, 0.15) is 22.3 Å². The van der Waals surface area contributed by atoms with Crippen LogP contribution in [-0.4, -0.2) is 30.6 Å². The summed E-state index contributed by atoms with van der Waals surface area (Å²) in [5, 5.41) is 59.0. The van der Waals surface area contributed by atoms with Gasteiger partial charge in [0.2, 0.25) is 5.75 Å². The van der Waals surface area contributed by atoms with E-state index in [1.165, 1.54) is 18.2 Å². The maximum Gasteiger partial charge on any atom is 0.201 e. The van der Waals surface area contributed by atoms with Gasteiger partial charge in [0.25, 0.3) is 0 Å². The summed E-state index contributed by atoms with van der Waals surface area (Å²) in [5.41, 5.74) is 3.29. The lowest BCUT2D eigenvalue weighted by molar-refractivity contribution is 0.367. The fourth-order valence-corrected chi connectivity index (χ4v) is 3.86. The van der Waals surface area contributed by atoms with Gasteiger partial charge in [-0.15, -0.1) is 0 Å². The number of ether oxygens (including phenoxy) is 1. The van der Waals surface area contributed by atoms with Gasteiger partial charge in [-0.05, 0) is 96.5 Å². The van der Waals surface area contributed by atoms with Crippen molar-refractivity contribution in [2.75, 3.05) is 0 Å². The van der Waals surface area contributed by atoms with Crippen molar-refractivity contribution < 1.29 is 35.4 Å². The maximum atomic E-state index is 10.3. The van der Waals surface area contributed by atoms with E-state index in [1.807, 2.05) is 24.3 Å². The van der Waals surface area contributed by atoms with E-state index in [0.717, 1.165) is 24.0 Å². The van der Waals surface area contributed by atoms with Gasteiger partial charge in [0.15, 0.2) is 28.7 Å². The van der Waals surface area contributed by atoms with Crippen molar-refractivity contribution in [1.82, 2.24) is 0 Å². The second kappa shape index (κ2) is 10.2. The fourth-order valence-electron chi connectivity index (χ4n) is 3.86. The lowest BCUT2D eigenvalue weighted by Crippen LogP contribution is -1.95. The maximum absolute atomic E-state index is 10.3. The molecular formula is C28H26O7. The molecule has 0 amide bonds. The third-order valence-electron chi connectivity index (χ3n) is 5.69. The van der Waals surface area contributed by atoms with E-state index >= 15 is 0 Å². The molecular weight excluding hydrogens is 448 g/mol. The molecule has 0 aromatic heterocycles. The SMILES string of the molecule is Oc1cccc(CCc2cccc(Oc3cc(CCc4cc(O)c(O)c(O)c4)cc(O)c3O)c2)c1. The first-order valence-corrected chi connectivity index (χ1v) is 11.1. The van der Waals surface area contributed by atoms with Gasteiger partial charge in [0, 0.05) is 0 Å². The fraction of sp³-hybridized carbons (Fsp3) is 0.143. The smallest absolute Gasteiger partial charge is 0.201 e. The van der Waals surface area contributed by atoms with Gasteiger partial charge >= 0.3 is 0 Å². The van der Waals surface area contributed by atoms with E-state index in [9.17, 15) is 30.6 Å². The van der Waals surface area contributed by atoms with Crippen LogP contribution in [0.4, 0.5) is 0 Å². The molecule has 180 valence electrons. The Balaban J connectivity index is 1.47. The molecule has 0 fully saturated rings.